The van der Waals surface area contributed by atoms with Crippen LogP contribution in [0, 0.1) is 5.82 Å². The summed E-state index contributed by atoms with van der Waals surface area (Å²) in [4.78, 5) is 12.6. The summed E-state index contributed by atoms with van der Waals surface area (Å²) in [5.74, 6) is 0.219. The summed E-state index contributed by atoms with van der Waals surface area (Å²) < 4.78 is 52.7. The zero-order chi connectivity index (χ0) is 25.6. The lowest BCUT2D eigenvalue weighted by Gasteiger charge is -2.27. The number of halogens is 1. The second-order valence-corrected chi connectivity index (χ2v) is 9.88. The Hall–Kier alpha value is -3.63. The molecule has 0 spiro atoms. The summed E-state index contributed by atoms with van der Waals surface area (Å²) in [6, 6.07) is 17.5. The van der Waals surface area contributed by atoms with Gasteiger partial charge in [-0.3, -0.25) is 9.10 Å². The summed E-state index contributed by atoms with van der Waals surface area (Å²) in [7, 11) is 1.90. The van der Waals surface area contributed by atoms with E-state index in [9.17, 15) is 17.6 Å². The van der Waals surface area contributed by atoms with Crippen LogP contribution in [-0.4, -0.2) is 46.9 Å². The molecule has 0 saturated heterocycles. The zero-order valence-corrected chi connectivity index (χ0v) is 20.8. The van der Waals surface area contributed by atoms with Crippen LogP contribution in [-0.2, 0) is 23.3 Å². The van der Waals surface area contributed by atoms with Crippen molar-refractivity contribution in [3.05, 3.63) is 89.2 Å². The van der Waals surface area contributed by atoms with Gasteiger partial charge < -0.3 is 14.8 Å². The molecule has 0 aliphatic carbocycles. The molecule has 0 aromatic heterocycles. The van der Waals surface area contributed by atoms with Crippen molar-refractivity contribution < 1.29 is 27.1 Å². The van der Waals surface area contributed by atoms with Gasteiger partial charge in [0, 0.05) is 26.2 Å². The molecule has 0 saturated carbocycles. The molecule has 3 rings (SSSR count). The molecule has 0 heterocycles. The fraction of sp³-hybridized carbons (Fsp3) is 0.240. The molecule has 8 nitrogen and oxygen atoms in total. The molecule has 3 aromatic carbocycles. The first kappa shape index (κ1) is 26.0. The van der Waals surface area contributed by atoms with Crippen molar-refractivity contribution in [2.45, 2.75) is 13.1 Å². The Labute approximate surface area is 205 Å². The van der Waals surface area contributed by atoms with Crippen LogP contribution < -0.4 is 19.1 Å². The monoisotopic (exact) mass is 501 g/mol. The van der Waals surface area contributed by atoms with E-state index in [-0.39, 0.29) is 24.7 Å². The minimum absolute atomic E-state index is 0.0575. The van der Waals surface area contributed by atoms with Gasteiger partial charge >= 0.3 is 10.2 Å². The number of hydrogen-bond donors (Lipinski definition) is 1. The fourth-order valence-electron chi connectivity index (χ4n) is 3.34. The quantitative estimate of drug-likeness (QED) is 0.459. The highest BCUT2D eigenvalue weighted by Gasteiger charge is 2.27. The van der Waals surface area contributed by atoms with Gasteiger partial charge in [-0.05, 0) is 47.5 Å². The van der Waals surface area contributed by atoms with E-state index in [4.69, 9.17) is 9.47 Å². The van der Waals surface area contributed by atoms with E-state index < -0.39 is 16.0 Å². The molecule has 0 aliphatic heterocycles. The number of para-hydroxylation sites is 1. The number of amides is 1. The molecule has 3 aromatic rings. The van der Waals surface area contributed by atoms with Crippen LogP contribution in [0.2, 0.25) is 0 Å². The molecule has 186 valence electrons. The van der Waals surface area contributed by atoms with Crippen molar-refractivity contribution in [3.8, 4) is 11.5 Å². The molecule has 0 fully saturated rings. The maximum atomic E-state index is 14.4. The molecule has 1 amide bonds. The van der Waals surface area contributed by atoms with E-state index in [0.717, 1.165) is 14.2 Å². The third-order valence-corrected chi connectivity index (χ3v) is 7.11. The van der Waals surface area contributed by atoms with Crippen molar-refractivity contribution in [1.29, 1.82) is 0 Å². The van der Waals surface area contributed by atoms with Gasteiger partial charge in [-0.25, -0.2) is 4.39 Å². The Morgan fingerprint density at radius 2 is 1.54 bits per heavy atom. The van der Waals surface area contributed by atoms with Crippen LogP contribution in [0.25, 0.3) is 0 Å². The number of benzene rings is 3. The summed E-state index contributed by atoms with van der Waals surface area (Å²) >= 11 is 0. The van der Waals surface area contributed by atoms with Crippen LogP contribution in [0.3, 0.4) is 0 Å². The Kier molecular flexibility index (Phi) is 8.31. The number of carbonyl (C=O) groups excluding carboxylic acids is 1. The topological polar surface area (TPSA) is 88.2 Å². The third kappa shape index (κ3) is 6.09. The van der Waals surface area contributed by atoms with Gasteiger partial charge in [0.15, 0.2) is 11.5 Å². The SMILES string of the molecule is COc1ccc(CNC(=O)c2ccc(CN(c3ccccc3F)S(=O)(=O)N(C)C)cc2)cc1OC. The molecule has 0 unspecified atom stereocenters. The Balaban J connectivity index is 1.73. The molecule has 0 bridgehead atoms. The molecule has 0 radical (unpaired) electrons. The number of hydrogen-bond acceptors (Lipinski definition) is 5. The highest BCUT2D eigenvalue weighted by Crippen LogP contribution is 2.28. The largest absolute Gasteiger partial charge is 0.493 e. The first-order valence-electron chi connectivity index (χ1n) is 10.7. The van der Waals surface area contributed by atoms with E-state index in [1.807, 2.05) is 6.07 Å². The van der Waals surface area contributed by atoms with Gasteiger partial charge in [0.1, 0.15) is 5.82 Å². The van der Waals surface area contributed by atoms with E-state index in [0.29, 0.717) is 22.6 Å². The van der Waals surface area contributed by atoms with Crippen LogP contribution in [0.4, 0.5) is 10.1 Å². The second-order valence-electron chi connectivity index (χ2n) is 7.82. The van der Waals surface area contributed by atoms with Gasteiger partial charge in [-0.15, -0.1) is 0 Å². The summed E-state index contributed by atoms with van der Waals surface area (Å²) in [6.07, 6.45) is 0. The maximum absolute atomic E-state index is 14.4. The average molecular weight is 502 g/mol. The van der Waals surface area contributed by atoms with E-state index in [2.05, 4.69) is 5.32 Å². The summed E-state index contributed by atoms with van der Waals surface area (Å²) in [6.45, 7) is 0.179. The van der Waals surface area contributed by atoms with Gasteiger partial charge in [0.25, 0.3) is 5.91 Å². The van der Waals surface area contributed by atoms with E-state index in [1.54, 1.807) is 56.7 Å². The number of anilines is 1. The smallest absolute Gasteiger partial charge is 0.303 e. The lowest BCUT2D eigenvalue weighted by atomic mass is 10.1. The minimum Gasteiger partial charge on any atom is -0.493 e. The zero-order valence-electron chi connectivity index (χ0n) is 20.0. The second kappa shape index (κ2) is 11.2. The van der Waals surface area contributed by atoms with E-state index >= 15 is 0 Å². The standard InChI is InChI=1S/C25H28FN3O5S/c1-28(2)35(31,32)29(22-8-6-5-7-21(22)26)17-18-9-12-20(13-10-18)25(30)27-16-19-11-14-23(33-3)24(15-19)34-4/h5-15H,16-17H2,1-4H3,(H,27,30). The van der Waals surface area contributed by atoms with Crippen LogP contribution in [0.1, 0.15) is 21.5 Å². The Bertz CT molecular complexity index is 1280. The molecule has 1 N–H and O–H groups in total. The van der Waals surface area contributed by atoms with Crippen molar-refractivity contribution in [1.82, 2.24) is 9.62 Å². The number of methoxy groups -OCH3 is 2. The van der Waals surface area contributed by atoms with E-state index in [1.165, 1.54) is 32.3 Å². The van der Waals surface area contributed by atoms with Crippen LogP contribution >= 0.6 is 0 Å². The van der Waals surface area contributed by atoms with Crippen molar-refractivity contribution in [2.24, 2.45) is 0 Å². The molecule has 35 heavy (non-hydrogen) atoms. The number of rotatable bonds is 10. The molecule has 10 heteroatoms. The van der Waals surface area contributed by atoms with Gasteiger partial charge in [-0.2, -0.15) is 12.7 Å². The van der Waals surface area contributed by atoms with Crippen molar-refractivity contribution in [2.75, 3.05) is 32.6 Å². The predicted molar refractivity (Wildman–Crippen MR) is 132 cm³/mol. The van der Waals surface area contributed by atoms with Crippen molar-refractivity contribution >= 4 is 21.8 Å². The van der Waals surface area contributed by atoms with Gasteiger partial charge in [0.2, 0.25) is 0 Å². The molecular weight excluding hydrogens is 473 g/mol. The Morgan fingerprint density at radius 3 is 2.14 bits per heavy atom. The average Bonchev–Trinajstić information content (AvgIpc) is 2.86. The maximum Gasteiger partial charge on any atom is 0.303 e. The fourth-order valence-corrected chi connectivity index (χ4v) is 4.45. The normalized spacial score (nSPS) is 11.3. The lowest BCUT2D eigenvalue weighted by molar-refractivity contribution is 0.0951. The number of ether oxygens (including phenoxy) is 2. The first-order chi connectivity index (χ1) is 16.7. The summed E-state index contributed by atoms with van der Waals surface area (Å²) in [5.41, 5.74) is 1.78. The molecular formula is C25H28FN3O5S. The van der Waals surface area contributed by atoms with Gasteiger partial charge in [0.05, 0.1) is 26.5 Å². The van der Waals surface area contributed by atoms with Crippen LogP contribution in [0.5, 0.6) is 11.5 Å². The first-order valence-corrected chi connectivity index (χ1v) is 12.1. The third-order valence-electron chi connectivity index (χ3n) is 5.30. The van der Waals surface area contributed by atoms with Gasteiger partial charge in [-0.1, -0.05) is 30.3 Å². The molecule has 0 aliphatic rings. The Morgan fingerprint density at radius 1 is 0.914 bits per heavy atom. The number of carbonyl (C=O) groups is 1. The highest BCUT2D eigenvalue weighted by molar-refractivity contribution is 7.90. The van der Waals surface area contributed by atoms with Crippen molar-refractivity contribution in [3.63, 3.8) is 0 Å². The molecule has 0 atom stereocenters. The predicted octanol–water partition coefficient (Wildman–Crippen LogP) is 3.59. The number of nitrogens with one attached hydrogen (secondary N) is 1. The summed E-state index contributed by atoms with van der Waals surface area (Å²) in [5, 5.41) is 2.84. The highest BCUT2D eigenvalue weighted by atomic mass is 32.2. The van der Waals surface area contributed by atoms with Crippen LogP contribution in [0.15, 0.2) is 66.7 Å². The lowest BCUT2D eigenvalue weighted by Crippen LogP contribution is -2.40. The number of nitrogens with zero attached hydrogens (tertiary/aromatic N) is 2. The minimum atomic E-state index is -3.96.